The maximum atomic E-state index is 11.3. The Morgan fingerprint density at radius 3 is 2.08 bits per heavy atom. The minimum atomic E-state index is -3.17. The smallest absolute Gasteiger partial charge is 0.176 e. The normalized spacial score (nSPS) is 11.7. The number of hydrogen-bond donors (Lipinski definition) is 0. The lowest BCUT2D eigenvalue weighted by molar-refractivity contribution is 0.601. The molecular weight excluding hydrogens is 388 g/mol. The predicted molar refractivity (Wildman–Crippen MR) is 62.7 cm³/mol. The molecule has 0 saturated heterocycles. The van der Waals surface area contributed by atoms with Crippen molar-refractivity contribution in [1.29, 1.82) is 0 Å². The van der Waals surface area contributed by atoms with Crippen LogP contribution in [0.2, 0.25) is 0 Å². The van der Waals surface area contributed by atoms with Crippen molar-refractivity contribution >= 4 is 57.6 Å². The average molecular weight is 393 g/mol. The monoisotopic (exact) mass is 390 g/mol. The van der Waals surface area contributed by atoms with Crippen LogP contribution < -0.4 is 0 Å². The third kappa shape index (κ3) is 2.55. The summed E-state index contributed by atoms with van der Waals surface area (Å²) in [6.07, 6.45) is 1.17. The van der Waals surface area contributed by atoms with Crippen LogP contribution in [-0.4, -0.2) is 14.7 Å². The van der Waals surface area contributed by atoms with Gasteiger partial charge < -0.3 is 0 Å². The number of sulfone groups is 1. The first-order valence-corrected chi connectivity index (χ1v) is 7.44. The Bertz CT molecular complexity index is 439. The highest BCUT2D eigenvalue weighted by Gasteiger charge is 2.15. The average Bonchev–Trinajstić information content (AvgIpc) is 1.98. The zero-order valence-electron chi connectivity index (χ0n) is 6.51. The summed E-state index contributed by atoms with van der Waals surface area (Å²) in [5.41, 5.74) is 0. The Morgan fingerprint density at radius 2 is 1.62 bits per heavy atom. The van der Waals surface area contributed by atoms with Crippen molar-refractivity contribution in [1.82, 2.24) is 0 Å². The number of benzene rings is 1. The fraction of sp³-hybridized carbons (Fsp3) is 0.143. The zero-order valence-corrected chi connectivity index (χ0v) is 12.1. The van der Waals surface area contributed by atoms with Crippen molar-refractivity contribution in [3.05, 3.63) is 25.6 Å². The van der Waals surface area contributed by atoms with Crippen molar-refractivity contribution in [2.75, 3.05) is 6.26 Å². The van der Waals surface area contributed by atoms with Crippen LogP contribution in [0, 0.1) is 0 Å². The van der Waals surface area contributed by atoms with Gasteiger partial charge in [-0.25, -0.2) is 8.42 Å². The summed E-state index contributed by atoms with van der Waals surface area (Å²) in [5.74, 6) is 0. The van der Waals surface area contributed by atoms with Crippen LogP contribution in [0.25, 0.3) is 0 Å². The van der Waals surface area contributed by atoms with Crippen LogP contribution in [0.3, 0.4) is 0 Å². The van der Waals surface area contributed by atoms with Crippen LogP contribution >= 0.6 is 47.8 Å². The van der Waals surface area contributed by atoms with E-state index in [1.54, 1.807) is 12.1 Å². The largest absolute Gasteiger partial charge is 0.224 e. The number of halogens is 3. The lowest BCUT2D eigenvalue weighted by Gasteiger charge is -2.05. The second-order valence-electron chi connectivity index (χ2n) is 2.45. The van der Waals surface area contributed by atoms with Crippen molar-refractivity contribution in [2.24, 2.45) is 0 Å². The van der Waals surface area contributed by atoms with Crippen molar-refractivity contribution in [2.45, 2.75) is 4.90 Å². The second-order valence-corrected chi connectivity index (χ2v) is 6.87. The summed E-state index contributed by atoms with van der Waals surface area (Å²) in [6, 6.07) is 3.24. The third-order valence-electron chi connectivity index (χ3n) is 1.40. The molecule has 0 aromatic heterocycles. The van der Waals surface area contributed by atoms with E-state index in [0.29, 0.717) is 8.95 Å². The summed E-state index contributed by atoms with van der Waals surface area (Å²) in [7, 11) is -3.17. The molecule has 0 amide bonds. The summed E-state index contributed by atoms with van der Waals surface area (Å²) < 4.78 is 24.6. The van der Waals surface area contributed by atoms with E-state index in [9.17, 15) is 8.42 Å². The Hall–Kier alpha value is 0.610. The molecule has 0 heterocycles. The molecule has 0 aliphatic heterocycles. The SMILES string of the molecule is CS(=O)(=O)c1ccc(Br)c(Br)c1Br. The molecule has 0 radical (unpaired) electrons. The maximum Gasteiger partial charge on any atom is 0.176 e. The van der Waals surface area contributed by atoms with Gasteiger partial charge >= 0.3 is 0 Å². The Kier molecular flexibility index (Phi) is 3.60. The number of hydrogen-bond acceptors (Lipinski definition) is 2. The fourth-order valence-corrected chi connectivity index (χ4v) is 3.84. The molecule has 0 unspecified atom stereocenters. The molecule has 0 aliphatic rings. The molecule has 6 heteroatoms. The van der Waals surface area contributed by atoms with Gasteiger partial charge in [-0.1, -0.05) is 0 Å². The lowest BCUT2D eigenvalue weighted by Crippen LogP contribution is -1.98. The van der Waals surface area contributed by atoms with Gasteiger partial charge in [-0.3, -0.25) is 0 Å². The van der Waals surface area contributed by atoms with Crippen LogP contribution in [0.1, 0.15) is 0 Å². The third-order valence-corrected chi connectivity index (χ3v) is 6.17. The topological polar surface area (TPSA) is 34.1 Å². The molecule has 13 heavy (non-hydrogen) atoms. The van der Waals surface area contributed by atoms with Gasteiger partial charge in [0.15, 0.2) is 9.84 Å². The predicted octanol–water partition coefficient (Wildman–Crippen LogP) is 3.38. The molecule has 0 bridgehead atoms. The molecule has 0 spiro atoms. The quantitative estimate of drug-likeness (QED) is 0.687. The molecule has 0 saturated carbocycles. The summed E-state index contributed by atoms with van der Waals surface area (Å²) in [5, 5.41) is 0. The van der Waals surface area contributed by atoms with Crippen molar-refractivity contribution < 1.29 is 8.42 Å². The van der Waals surface area contributed by atoms with E-state index < -0.39 is 9.84 Å². The van der Waals surface area contributed by atoms with Gasteiger partial charge in [0.1, 0.15) is 0 Å². The van der Waals surface area contributed by atoms with E-state index in [0.717, 1.165) is 4.47 Å². The van der Waals surface area contributed by atoms with Gasteiger partial charge in [0, 0.05) is 15.2 Å². The van der Waals surface area contributed by atoms with Gasteiger partial charge in [-0.15, -0.1) is 0 Å². The van der Waals surface area contributed by atoms with E-state index in [1.165, 1.54) is 6.26 Å². The summed E-state index contributed by atoms with van der Waals surface area (Å²) >= 11 is 9.75. The molecule has 0 fully saturated rings. The van der Waals surface area contributed by atoms with E-state index in [2.05, 4.69) is 47.8 Å². The van der Waals surface area contributed by atoms with Crippen molar-refractivity contribution in [3.63, 3.8) is 0 Å². The first-order valence-electron chi connectivity index (χ1n) is 3.17. The summed E-state index contributed by atoms with van der Waals surface area (Å²) in [4.78, 5) is 0.280. The first-order chi connectivity index (χ1) is 5.84. The van der Waals surface area contributed by atoms with E-state index in [-0.39, 0.29) is 4.90 Å². The van der Waals surface area contributed by atoms with Crippen LogP contribution in [0.15, 0.2) is 30.4 Å². The molecule has 72 valence electrons. The van der Waals surface area contributed by atoms with Crippen molar-refractivity contribution in [3.8, 4) is 0 Å². The molecular formula is C7H5Br3O2S. The standard InChI is InChI=1S/C7H5Br3O2S/c1-13(11,12)5-3-2-4(8)6(9)7(5)10/h2-3H,1H3. The lowest BCUT2D eigenvalue weighted by atomic mass is 10.4. The minimum Gasteiger partial charge on any atom is -0.224 e. The van der Waals surface area contributed by atoms with E-state index in [4.69, 9.17) is 0 Å². The molecule has 1 aromatic carbocycles. The minimum absolute atomic E-state index is 0.280. The second kappa shape index (κ2) is 4.00. The van der Waals surface area contributed by atoms with Crippen LogP contribution in [0.5, 0.6) is 0 Å². The molecule has 1 rings (SSSR count). The first kappa shape index (κ1) is 11.7. The van der Waals surface area contributed by atoms with Gasteiger partial charge in [0.25, 0.3) is 0 Å². The van der Waals surface area contributed by atoms with Crippen LogP contribution in [-0.2, 0) is 9.84 Å². The highest BCUT2D eigenvalue weighted by atomic mass is 79.9. The van der Waals surface area contributed by atoms with E-state index in [1.807, 2.05) is 0 Å². The highest BCUT2D eigenvalue weighted by molar-refractivity contribution is 9.14. The Labute approximate surface area is 102 Å². The maximum absolute atomic E-state index is 11.3. The zero-order chi connectivity index (χ0) is 10.2. The van der Waals surface area contributed by atoms with Gasteiger partial charge in [0.05, 0.1) is 9.37 Å². The molecule has 0 aliphatic carbocycles. The van der Waals surface area contributed by atoms with Gasteiger partial charge in [0.2, 0.25) is 0 Å². The molecule has 0 atom stereocenters. The van der Waals surface area contributed by atoms with Gasteiger partial charge in [-0.2, -0.15) is 0 Å². The molecule has 0 N–H and O–H groups in total. The molecule has 1 aromatic rings. The van der Waals surface area contributed by atoms with Gasteiger partial charge in [-0.05, 0) is 59.9 Å². The Balaban J connectivity index is 3.53. The summed E-state index contributed by atoms with van der Waals surface area (Å²) in [6.45, 7) is 0. The highest BCUT2D eigenvalue weighted by Crippen LogP contribution is 2.35. The Morgan fingerprint density at radius 1 is 1.08 bits per heavy atom. The fourth-order valence-electron chi connectivity index (χ4n) is 0.795. The molecule has 2 nitrogen and oxygen atoms in total. The van der Waals surface area contributed by atoms with E-state index >= 15 is 0 Å². The van der Waals surface area contributed by atoms with Crippen LogP contribution in [0.4, 0.5) is 0 Å². The number of rotatable bonds is 1.